The number of halogens is 3. The van der Waals surface area contributed by atoms with E-state index in [1.807, 2.05) is 6.07 Å². The zero-order valence-corrected chi connectivity index (χ0v) is 18.2. The summed E-state index contributed by atoms with van der Waals surface area (Å²) in [4.78, 5) is 19.2. The van der Waals surface area contributed by atoms with Gasteiger partial charge >= 0.3 is 12.3 Å². The van der Waals surface area contributed by atoms with E-state index in [2.05, 4.69) is 4.98 Å². The van der Waals surface area contributed by atoms with Crippen LogP contribution >= 0.6 is 0 Å². The number of alkyl halides is 3. The van der Waals surface area contributed by atoms with Crippen LogP contribution in [-0.4, -0.2) is 47.5 Å². The lowest BCUT2D eigenvalue weighted by atomic mass is 10.1. The van der Waals surface area contributed by atoms with Gasteiger partial charge in [0.25, 0.3) is 0 Å². The maximum Gasteiger partial charge on any atom is 0.433 e. The molecule has 170 valence electrons. The summed E-state index contributed by atoms with van der Waals surface area (Å²) in [6.07, 6.45) is -5.05. The van der Waals surface area contributed by atoms with Crippen LogP contribution in [0.5, 0.6) is 0 Å². The molecule has 31 heavy (non-hydrogen) atoms. The lowest BCUT2D eigenvalue weighted by Crippen LogP contribution is -2.50. The number of aliphatic hydroxyl groups excluding tert-OH is 1. The monoisotopic (exact) mass is 439 g/mol. The smallest absolute Gasteiger partial charge is 0.433 e. The molecule has 6 nitrogen and oxygen atoms in total. The third kappa shape index (κ3) is 6.85. The molecule has 1 heterocycles. The fraction of sp³-hybridized carbons (Fsp3) is 0.455. The topological polar surface area (TPSA) is 65.9 Å². The number of aliphatic hydroxyl groups is 1. The summed E-state index contributed by atoms with van der Waals surface area (Å²) >= 11 is 0. The molecule has 0 radical (unpaired) electrons. The number of carbonyl (C=O) groups is 1. The number of amides is 1. The predicted molar refractivity (Wildman–Crippen MR) is 113 cm³/mol. The minimum Gasteiger partial charge on any atom is -0.443 e. The average molecular weight is 439 g/mol. The average Bonchev–Trinajstić information content (AvgIpc) is 2.66. The van der Waals surface area contributed by atoms with E-state index in [0.717, 1.165) is 12.3 Å². The quantitative estimate of drug-likeness (QED) is 0.705. The van der Waals surface area contributed by atoms with Crippen molar-refractivity contribution in [3.8, 4) is 0 Å². The Morgan fingerprint density at radius 1 is 1.10 bits per heavy atom. The molecule has 9 heteroatoms. The fourth-order valence-corrected chi connectivity index (χ4v) is 2.90. The molecule has 1 aromatic carbocycles. The van der Waals surface area contributed by atoms with Gasteiger partial charge in [0.15, 0.2) is 0 Å². The van der Waals surface area contributed by atoms with Gasteiger partial charge in [0.1, 0.15) is 11.3 Å². The summed E-state index contributed by atoms with van der Waals surface area (Å²) in [6.45, 7) is 6.99. The van der Waals surface area contributed by atoms with Crippen LogP contribution in [0.25, 0.3) is 0 Å². The summed E-state index contributed by atoms with van der Waals surface area (Å²) in [5.74, 6) is 0. The predicted octanol–water partition coefficient (Wildman–Crippen LogP) is 4.73. The van der Waals surface area contributed by atoms with Crippen LogP contribution in [0.1, 0.15) is 33.4 Å². The van der Waals surface area contributed by atoms with Crippen molar-refractivity contribution in [2.24, 2.45) is 0 Å². The first-order valence-electron chi connectivity index (χ1n) is 9.79. The Morgan fingerprint density at radius 3 is 2.19 bits per heavy atom. The van der Waals surface area contributed by atoms with Crippen LogP contribution in [0, 0.1) is 0 Å². The standard InChI is InChI=1S/C22H28F3N3O3/c1-15(28(16-9-7-6-8-10-16)20(30)31-21(2,3)4)18(29)14-27(5)17-11-12-19(26-13-17)22(23,24)25/h6-13,15,18,29H,14H2,1-5H3/t15-,18+/m0/s1. The Hall–Kier alpha value is -2.81. The minimum absolute atomic E-state index is 0.0559. The van der Waals surface area contributed by atoms with Crippen LogP contribution < -0.4 is 9.80 Å². The van der Waals surface area contributed by atoms with E-state index in [1.54, 1.807) is 63.9 Å². The van der Waals surface area contributed by atoms with Gasteiger partial charge in [0.05, 0.1) is 24.0 Å². The molecule has 0 saturated carbocycles. The summed E-state index contributed by atoms with van der Waals surface area (Å²) in [5, 5.41) is 10.8. The molecule has 1 aromatic heterocycles. The molecule has 0 spiro atoms. The summed E-state index contributed by atoms with van der Waals surface area (Å²) in [6, 6.07) is 10.3. The number of likely N-dealkylation sites (N-methyl/N-ethyl adjacent to an activating group) is 1. The van der Waals surface area contributed by atoms with E-state index < -0.39 is 35.7 Å². The van der Waals surface area contributed by atoms with E-state index in [0.29, 0.717) is 11.4 Å². The second-order valence-corrected chi connectivity index (χ2v) is 8.27. The van der Waals surface area contributed by atoms with Crippen LogP contribution in [0.4, 0.5) is 29.3 Å². The molecule has 0 bridgehead atoms. The van der Waals surface area contributed by atoms with Crippen LogP contribution in [-0.2, 0) is 10.9 Å². The largest absolute Gasteiger partial charge is 0.443 e. The number of carbonyl (C=O) groups excluding carboxylic acids is 1. The zero-order chi connectivity index (χ0) is 23.4. The van der Waals surface area contributed by atoms with Crippen LogP contribution in [0.3, 0.4) is 0 Å². The molecule has 0 aliphatic rings. The van der Waals surface area contributed by atoms with Crippen molar-refractivity contribution in [2.45, 2.75) is 51.6 Å². The van der Waals surface area contributed by atoms with Crippen molar-refractivity contribution in [2.75, 3.05) is 23.4 Å². The highest BCUT2D eigenvalue weighted by atomic mass is 19.4. The lowest BCUT2D eigenvalue weighted by molar-refractivity contribution is -0.141. The minimum atomic E-state index is -4.52. The van der Waals surface area contributed by atoms with Crippen molar-refractivity contribution in [1.82, 2.24) is 4.98 Å². The highest BCUT2D eigenvalue weighted by molar-refractivity contribution is 5.88. The third-order valence-electron chi connectivity index (χ3n) is 4.53. The number of nitrogens with zero attached hydrogens (tertiary/aromatic N) is 3. The first-order chi connectivity index (χ1) is 14.3. The number of ether oxygens (including phenoxy) is 1. The lowest BCUT2D eigenvalue weighted by Gasteiger charge is -2.35. The Kier molecular flexibility index (Phi) is 7.54. The van der Waals surface area contributed by atoms with Gasteiger partial charge in [0, 0.05) is 19.3 Å². The Bertz CT molecular complexity index is 852. The molecule has 1 N–H and O–H groups in total. The van der Waals surface area contributed by atoms with E-state index >= 15 is 0 Å². The van der Waals surface area contributed by atoms with Gasteiger partial charge in [0.2, 0.25) is 0 Å². The Labute approximate surface area is 180 Å². The molecule has 0 unspecified atom stereocenters. The molecule has 0 aliphatic heterocycles. The van der Waals surface area contributed by atoms with Crippen molar-refractivity contribution in [1.29, 1.82) is 0 Å². The Morgan fingerprint density at radius 2 is 1.71 bits per heavy atom. The highest BCUT2D eigenvalue weighted by Crippen LogP contribution is 2.28. The van der Waals surface area contributed by atoms with Gasteiger partial charge in [-0.05, 0) is 52.0 Å². The van der Waals surface area contributed by atoms with E-state index in [4.69, 9.17) is 4.74 Å². The third-order valence-corrected chi connectivity index (χ3v) is 4.53. The second kappa shape index (κ2) is 9.55. The number of anilines is 2. The van der Waals surface area contributed by atoms with Gasteiger partial charge in [-0.15, -0.1) is 0 Å². The number of rotatable bonds is 6. The maximum absolute atomic E-state index is 12.9. The normalized spacial score (nSPS) is 14.0. The molecule has 0 saturated heterocycles. The van der Waals surface area contributed by atoms with Gasteiger partial charge in [-0.25, -0.2) is 9.78 Å². The molecular weight excluding hydrogens is 411 g/mol. The number of aromatic nitrogens is 1. The SMILES string of the molecule is C[C@@H]([C@H](O)CN(C)c1ccc(C(F)(F)F)nc1)N(C(=O)OC(C)(C)C)c1ccccc1. The molecule has 2 atom stereocenters. The van der Waals surface area contributed by atoms with Gasteiger partial charge in [-0.2, -0.15) is 13.2 Å². The Balaban J connectivity index is 2.18. The summed E-state index contributed by atoms with van der Waals surface area (Å²) < 4.78 is 43.6. The highest BCUT2D eigenvalue weighted by Gasteiger charge is 2.33. The second-order valence-electron chi connectivity index (χ2n) is 8.27. The molecule has 0 fully saturated rings. The first kappa shape index (κ1) is 24.5. The molecule has 2 aromatic rings. The number of hydrogen-bond acceptors (Lipinski definition) is 5. The zero-order valence-electron chi connectivity index (χ0n) is 18.2. The van der Waals surface area contributed by atoms with E-state index in [-0.39, 0.29) is 6.54 Å². The number of hydrogen-bond donors (Lipinski definition) is 1. The van der Waals surface area contributed by atoms with Crippen molar-refractivity contribution >= 4 is 17.5 Å². The first-order valence-corrected chi connectivity index (χ1v) is 9.79. The summed E-state index contributed by atoms with van der Waals surface area (Å²) in [5.41, 5.74) is -0.749. The van der Waals surface area contributed by atoms with Crippen molar-refractivity contribution in [3.05, 3.63) is 54.4 Å². The van der Waals surface area contributed by atoms with E-state index in [9.17, 15) is 23.1 Å². The molecular formula is C22H28F3N3O3. The number of pyridine rings is 1. The summed E-state index contributed by atoms with van der Waals surface area (Å²) in [7, 11) is 1.63. The maximum atomic E-state index is 12.9. The van der Waals surface area contributed by atoms with E-state index in [1.165, 1.54) is 11.0 Å². The number of benzene rings is 1. The van der Waals surface area contributed by atoms with Crippen LogP contribution in [0.15, 0.2) is 48.7 Å². The van der Waals surface area contributed by atoms with Gasteiger partial charge < -0.3 is 14.7 Å². The van der Waals surface area contributed by atoms with Crippen LogP contribution in [0.2, 0.25) is 0 Å². The molecule has 1 amide bonds. The molecule has 2 rings (SSSR count). The number of para-hydroxylation sites is 1. The van der Waals surface area contributed by atoms with Crippen molar-refractivity contribution < 1.29 is 27.8 Å². The van der Waals surface area contributed by atoms with Crippen molar-refractivity contribution in [3.63, 3.8) is 0 Å². The van der Waals surface area contributed by atoms with Gasteiger partial charge in [-0.3, -0.25) is 4.90 Å². The molecule has 0 aliphatic carbocycles. The van der Waals surface area contributed by atoms with Gasteiger partial charge in [-0.1, -0.05) is 18.2 Å². The fourth-order valence-electron chi connectivity index (χ4n) is 2.90.